The third-order valence-corrected chi connectivity index (χ3v) is 7.91. The molecule has 0 bridgehead atoms. The summed E-state index contributed by atoms with van der Waals surface area (Å²) in [6, 6.07) is -1.17. The number of aliphatic hydroxyl groups excluding tert-OH is 11. The predicted octanol–water partition coefficient (Wildman–Crippen LogP) is -6.90. The number of hydrogen-bond donors (Lipinski definition) is 12. The van der Waals surface area contributed by atoms with Gasteiger partial charge in [-0.05, 0) is 25.8 Å². The van der Waals surface area contributed by atoms with Gasteiger partial charge in [0.25, 0.3) is 0 Å². The van der Waals surface area contributed by atoms with Crippen molar-refractivity contribution in [1.29, 1.82) is 0 Å². The van der Waals surface area contributed by atoms with Crippen molar-refractivity contribution >= 4 is 0 Å². The molecule has 0 aromatic rings. The van der Waals surface area contributed by atoms with Gasteiger partial charge in [-0.25, -0.2) is 0 Å². The lowest BCUT2D eigenvalue weighted by atomic mass is 9.93. The van der Waals surface area contributed by atoms with Crippen molar-refractivity contribution in [2.75, 3.05) is 39.3 Å². The van der Waals surface area contributed by atoms with Gasteiger partial charge in [0.1, 0.15) is 18.3 Å². The van der Waals surface area contributed by atoms with Crippen molar-refractivity contribution < 1.29 is 56.2 Å². The van der Waals surface area contributed by atoms with Crippen LogP contribution in [0.2, 0.25) is 0 Å². The molecule has 12 N–H and O–H groups in total. The van der Waals surface area contributed by atoms with Crippen molar-refractivity contribution in [1.82, 2.24) is 15.1 Å². The van der Waals surface area contributed by atoms with Gasteiger partial charge in [0, 0.05) is 26.2 Å². The van der Waals surface area contributed by atoms with Crippen molar-refractivity contribution in [3.8, 4) is 0 Å². The monoisotopic (exact) mass is 525 g/mol. The minimum atomic E-state index is -1.16. The number of nitrogens with one attached hydrogen (secondary N) is 1. The van der Waals surface area contributed by atoms with E-state index in [9.17, 15) is 40.9 Å². The molecule has 5 saturated heterocycles. The fourth-order valence-electron chi connectivity index (χ4n) is 5.75. The van der Waals surface area contributed by atoms with E-state index < -0.39 is 73.1 Å². The largest absolute Gasteiger partial charge is 0.395 e. The van der Waals surface area contributed by atoms with Crippen LogP contribution in [0, 0.1) is 0 Å². The van der Waals surface area contributed by atoms with Gasteiger partial charge < -0.3 is 61.5 Å². The number of aliphatic hydroxyl groups is 11. The van der Waals surface area contributed by atoms with Gasteiger partial charge in [-0.1, -0.05) is 0 Å². The van der Waals surface area contributed by atoms with E-state index in [4.69, 9.17) is 15.3 Å². The fourth-order valence-corrected chi connectivity index (χ4v) is 5.75. The summed E-state index contributed by atoms with van der Waals surface area (Å²) in [7, 11) is 0. The molecule has 0 saturated carbocycles. The lowest BCUT2D eigenvalue weighted by Gasteiger charge is -2.40. The number of fused-ring (bicyclic) bond motifs is 2. The third-order valence-electron chi connectivity index (χ3n) is 7.91. The van der Waals surface area contributed by atoms with Crippen LogP contribution in [0.4, 0.5) is 0 Å². The minimum absolute atomic E-state index is 0.198. The Kier molecular flexibility index (Phi) is 10.8. The maximum absolute atomic E-state index is 9.58. The molecule has 13 atom stereocenters. The molecule has 0 radical (unpaired) electrons. The van der Waals surface area contributed by atoms with Crippen LogP contribution in [-0.4, -0.2) is 184 Å². The number of piperidine rings is 3. The molecule has 0 aromatic heterocycles. The highest BCUT2D eigenvalue weighted by Gasteiger charge is 2.47. The van der Waals surface area contributed by atoms with E-state index in [1.54, 1.807) is 0 Å². The van der Waals surface area contributed by atoms with E-state index in [0.717, 1.165) is 19.4 Å². The van der Waals surface area contributed by atoms with Crippen LogP contribution in [0.3, 0.4) is 0 Å². The molecule has 0 spiro atoms. The minimum Gasteiger partial charge on any atom is -0.395 e. The van der Waals surface area contributed by atoms with E-state index in [0.29, 0.717) is 26.1 Å². The lowest BCUT2D eigenvalue weighted by molar-refractivity contribution is -0.140. The average Bonchev–Trinajstić information content (AvgIpc) is 3.36. The molecule has 5 aliphatic rings. The zero-order chi connectivity index (χ0) is 26.7. The molecular formula is C22H43N3O11. The van der Waals surface area contributed by atoms with Gasteiger partial charge in [-0.3, -0.25) is 9.80 Å². The molecule has 5 fully saturated rings. The molecule has 5 rings (SSSR count). The van der Waals surface area contributed by atoms with Gasteiger partial charge in [0.2, 0.25) is 0 Å². The Hall–Kier alpha value is -0.560. The second kappa shape index (κ2) is 13.0. The van der Waals surface area contributed by atoms with Crippen molar-refractivity contribution in [2.24, 2.45) is 0 Å². The van der Waals surface area contributed by atoms with Gasteiger partial charge in [-0.15, -0.1) is 0 Å². The molecule has 0 aliphatic carbocycles. The number of rotatable bonds is 1. The van der Waals surface area contributed by atoms with Crippen molar-refractivity contribution in [3.63, 3.8) is 0 Å². The number of nitrogens with zero attached hydrogens (tertiary/aromatic N) is 2. The van der Waals surface area contributed by atoms with Gasteiger partial charge >= 0.3 is 0 Å². The first-order chi connectivity index (χ1) is 17.0. The lowest BCUT2D eigenvalue weighted by Crippen LogP contribution is -2.61. The van der Waals surface area contributed by atoms with E-state index in [2.05, 4.69) is 5.32 Å². The van der Waals surface area contributed by atoms with Gasteiger partial charge in [0.15, 0.2) is 0 Å². The summed E-state index contributed by atoms with van der Waals surface area (Å²) >= 11 is 0. The highest BCUT2D eigenvalue weighted by atomic mass is 16.4. The predicted molar refractivity (Wildman–Crippen MR) is 124 cm³/mol. The van der Waals surface area contributed by atoms with Crippen molar-refractivity contribution in [2.45, 2.75) is 98.4 Å². The summed E-state index contributed by atoms with van der Waals surface area (Å²) in [6.45, 7) is 2.35. The third kappa shape index (κ3) is 6.52. The van der Waals surface area contributed by atoms with E-state index >= 15 is 0 Å². The van der Waals surface area contributed by atoms with E-state index in [-0.39, 0.29) is 19.2 Å². The molecule has 5 heterocycles. The first-order valence-corrected chi connectivity index (χ1v) is 12.6. The average molecular weight is 526 g/mol. The van der Waals surface area contributed by atoms with Gasteiger partial charge in [0.05, 0.1) is 67.5 Å². The maximum atomic E-state index is 9.58. The summed E-state index contributed by atoms with van der Waals surface area (Å²) in [5.74, 6) is 0. The smallest absolute Gasteiger partial charge is 0.109 e. The second-order valence-electron chi connectivity index (χ2n) is 10.4. The van der Waals surface area contributed by atoms with Crippen LogP contribution < -0.4 is 5.32 Å². The zero-order valence-electron chi connectivity index (χ0n) is 20.2. The molecule has 0 amide bonds. The SMILES string of the molecule is OCC1NCC(O)C(O)[C@@H]1O.O[C@H]1[C@H](O)[C@@H](O)CN2CC[C@H](O)[C@H]12.O[C@H]1[C@H]2[C@H](O)CCCN2C[C@H]1O. The molecule has 3 unspecified atom stereocenters. The molecule has 36 heavy (non-hydrogen) atoms. The highest BCUT2D eigenvalue weighted by molar-refractivity contribution is 5.01. The summed E-state index contributed by atoms with van der Waals surface area (Å²) in [6.07, 6.45) is -6.48. The van der Waals surface area contributed by atoms with Crippen LogP contribution in [0.25, 0.3) is 0 Å². The normalized spacial score (nSPS) is 49.2. The molecule has 0 aromatic carbocycles. The summed E-state index contributed by atoms with van der Waals surface area (Å²) < 4.78 is 0. The molecule has 5 aliphatic heterocycles. The van der Waals surface area contributed by atoms with E-state index in [1.165, 1.54) is 0 Å². The first-order valence-electron chi connectivity index (χ1n) is 12.6. The molecular weight excluding hydrogens is 482 g/mol. The topological polar surface area (TPSA) is 241 Å². The Bertz CT molecular complexity index is 679. The number of β-amino-alcohol motifs (C(OH)–C–C–N with tert-alkyl or cyclic N) is 1. The van der Waals surface area contributed by atoms with Crippen LogP contribution in [0.5, 0.6) is 0 Å². The van der Waals surface area contributed by atoms with Crippen molar-refractivity contribution in [3.05, 3.63) is 0 Å². The summed E-state index contributed by atoms with van der Waals surface area (Å²) in [5, 5.41) is 105. The Morgan fingerprint density at radius 3 is 1.69 bits per heavy atom. The van der Waals surface area contributed by atoms with Crippen LogP contribution in [-0.2, 0) is 0 Å². The Morgan fingerprint density at radius 1 is 0.556 bits per heavy atom. The molecule has 14 heteroatoms. The number of hydrogen-bond acceptors (Lipinski definition) is 14. The molecule has 14 nitrogen and oxygen atoms in total. The fraction of sp³-hybridized carbons (Fsp3) is 1.00. The molecule has 212 valence electrons. The van der Waals surface area contributed by atoms with E-state index in [1.807, 2.05) is 9.80 Å². The Balaban J connectivity index is 0.000000151. The Labute approximate surface area is 209 Å². The quantitative estimate of drug-likeness (QED) is 0.152. The Morgan fingerprint density at radius 2 is 1.08 bits per heavy atom. The summed E-state index contributed by atoms with van der Waals surface area (Å²) in [4.78, 5) is 3.80. The zero-order valence-corrected chi connectivity index (χ0v) is 20.2. The van der Waals surface area contributed by atoms with Crippen LogP contribution in [0.1, 0.15) is 19.3 Å². The summed E-state index contributed by atoms with van der Waals surface area (Å²) in [5.41, 5.74) is 0. The maximum Gasteiger partial charge on any atom is 0.109 e. The standard InChI is InChI=1S/C8H15NO4.C8H15NO3.C6H13NO4/c10-4-1-2-9-3-5(11)7(12)8(13)6(4)9;10-5-2-1-3-9-4-6(11)8(12)7(5)9;8-2-3-5(10)6(11)4(9)1-7-3/h4-8,10-13H,1-3H2;5-8,10-12H,1-4H2;3-11H,1-2H2/t4-,5-,6+,7+,8+;5-,6-,7-,8-;3?,4?,5-,6?/m011/s1. The highest BCUT2D eigenvalue weighted by Crippen LogP contribution is 2.28. The first kappa shape index (κ1) is 30.0. The second-order valence-corrected chi connectivity index (χ2v) is 10.4. The van der Waals surface area contributed by atoms with Crippen LogP contribution >= 0.6 is 0 Å². The van der Waals surface area contributed by atoms with Crippen LogP contribution in [0.15, 0.2) is 0 Å². The van der Waals surface area contributed by atoms with Gasteiger partial charge in [-0.2, -0.15) is 0 Å².